The summed E-state index contributed by atoms with van der Waals surface area (Å²) in [5, 5.41) is 10.2. The van der Waals surface area contributed by atoms with Crippen LogP contribution in [0, 0.1) is 18.3 Å². The van der Waals surface area contributed by atoms with Crippen molar-refractivity contribution in [3.63, 3.8) is 0 Å². The van der Waals surface area contributed by atoms with Gasteiger partial charge in [0, 0.05) is 30.1 Å². The van der Waals surface area contributed by atoms with Gasteiger partial charge < -0.3 is 10.3 Å². The molecule has 0 amide bonds. The van der Waals surface area contributed by atoms with Crippen LogP contribution in [0.25, 0.3) is 10.9 Å². The van der Waals surface area contributed by atoms with E-state index in [-0.39, 0.29) is 0 Å². The quantitative estimate of drug-likeness (QED) is 0.761. The molecule has 0 fully saturated rings. The van der Waals surface area contributed by atoms with Crippen LogP contribution in [0.2, 0.25) is 0 Å². The summed E-state index contributed by atoms with van der Waals surface area (Å²) in [6.45, 7) is 2.45. The van der Waals surface area contributed by atoms with Gasteiger partial charge in [0.05, 0.1) is 0 Å². The first kappa shape index (κ1) is 9.75. The molecule has 3 nitrogen and oxygen atoms in total. The lowest BCUT2D eigenvalue weighted by Gasteiger charge is -1.97. The van der Waals surface area contributed by atoms with Gasteiger partial charge in [0.25, 0.3) is 0 Å². The monoisotopic (exact) mass is 199 g/mol. The number of fused-ring (bicyclic) bond motifs is 1. The summed E-state index contributed by atoms with van der Waals surface area (Å²) in [6.07, 6.45) is 0. The van der Waals surface area contributed by atoms with Crippen LogP contribution in [0.5, 0.6) is 0 Å². The molecular formula is C12H13N3. The minimum atomic E-state index is 0.406. The smallest absolute Gasteiger partial charge is 0.125 e. The summed E-state index contributed by atoms with van der Waals surface area (Å²) in [5.74, 6) is 0. The number of benzene rings is 1. The minimum Gasteiger partial charge on any atom is -0.335 e. The lowest BCUT2D eigenvalue weighted by Crippen LogP contribution is -1.99. The highest BCUT2D eigenvalue weighted by atomic mass is 15.0. The molecule has 0 aliphatic carbocycles. The summed E-state index contributed by atoms with van der Waals surface area (Å²) in [7, 11) is 1.90. The fourth-order valence-corrected chi connectivity index (χ4v) is 1.97. The van der Waals surface area contributed by atoms with Gasteiger partial charge >= 0.3 is 0 Å². The van der Waals surface area contributed by atoms with Crippen LogP contribution in [0.3, 0.4) is 0 Å². The van der Waals surface area contributed by atoms with Gasteiger partial charge in [0.1, 0.15) is 11.8 Å². The predicted molar refractivity (Wildman–Crippen MR) is 60.3 cm³/mol. The summed E-state index contributed by atoms with van der Waals surface area (Å²) in [6, 6.07) is 8.37. The molecule has 0 aliphatic heterocycles. The summed E-state index contributed by atoms with van der Waals surface area (Å²) >= 11 is 0. The van der Waals surface area contributed by atoms with Crippen molar-refractivity contribution in [2.24, 2.45) is 12.8 Å². The van der Waals surface area contributed by atoms with Crippen molar-refractivity contribution >= 4 is 10.9 Å². The summed E-state index contributed by atoms with van der Waals surface area (Å²) < 4.78 is 1.91. The lowest BCUT2D eigenvalue weighted by atomic mass is 10.1. The minimum absolute atomic E-state index is 0.406. The van der Waals surface area contributed by atoms with Gasteiger partial charge in [-0.15, -0.1) is 0 Å². The molecule has 15 heavy (non-hydrogen) atoms. The molecule has 0 saturated heterocycles. The molecule has 2 rings (SSSR count). The maximum Gasteiger partial charge on any atom is 0.125 e. The number of hydrogen-bond acceptors (Lipinski definition) is 2. The van der Waals surface area contributed by atoms with E-state index in [4.69, 9.17) is 11.0 Å². The van der Waals surface area contributed by atoms with Crippen molar-refractivity contribution < 1.29 is 0 Å². The number of nitrogens with two attached hydrogens (primary N) is 1. The molecule has 0 bridgehead atoms. The van der Waals surface area contributed by atoms with Crippen molar-refractivity contribution in [2.45, 2.75) is 13.5 Å². The Balaban J connectivity index is 2.92. The Labute approximate surface area is 88.7 Å². The molecule has 0 radical (unpaired) electrons. The Morgan fingerprint density at radius 3 is 2.80 bits per heavy atom. The van der Waals surface area contributed by atoms with Crippen LogP contribution in [-0.4, -0.2) is 4.57 Å². The van der Waals surface area contributed by atoms with E-state index in [1.54, 1.807) is 0 Å². The Kier molecular flexibility index (Phi) is 2.22. The van der Waals surface area contributed by atoms with Gasteiger partial charge in [-0.3, -0.25) is 0 Å². The molecule has 0 atom stereocenters. The Morgan fingerprint density at radius 1 is 1.47 bits per heavy atom. The summed E-state index contributed by atoms with van der Waals surface area (Å²) in [4.78, 5) is 0. The van der Waals surface area contributed by atoms with Gasteiger partial charge in [-0.2, -0.15) is 5.26 Å². The fraction of sp³-hybridized carbons (Fsp3) is 0.250. The van der Waals surface area contributed by atoms with Gasteiger partial charge in [-0.05, 0) is 18.6 Å². The second-order valence-corrected chi connectivity index (χ2v) is 3.72. The van der Waals surface area contributed by atoms with E-state index in [9.17, 15) is 0 Å². The van der Waals surface area contributed by atoms with Crippen molar-refractivity contribution in [3.05, 3.63) is 35.0 Å². The van der Waals surface area contributed by atoms with E-state index in [1.165, 1.54) is 5.56 Å². The normalized spacial score (nSPS) is 10.5. The number of nitriles is 1. The largest absolute Gasteiger partial charge is 0.335 e. The Hall–Kier alpha value is -1.79. The SMILES string of the molecule is Cc1ccc2c(CN)c(C#N)n(C)c2c1. The number of rotatable bonds is 1. The molecule has 76 valence electrons. The third kappa shape index (κ3) is 1.31. The Bertz CT molecular complexity index is 558. The number of aryl methyl sites for hydroxylation is 2. The molecule has 1 heterocycles. The molecule has 0 unspecified atom stereocenters. The van der Waals surface area contributed by atoms with E-state index in [0.29, 0.717) is 12.2 Å². The zero-order valence-corrected chi connectivity index (χ0v) is 8.91. The standard InChI is InChI=1S/C12H13N3/c1-8-3-4-9-10(6-13)12(7-14)15(2)11(9)5-8/h3-5H,6,13H2,1-2H3. The second kappa shape index (κ2) is 3.41. The highest BCUT2D eigenvalue weighted by Gasteiger charge is 2.12. The van der Waals surface area contributed by atoms with Crippen molar-refractivity contribution in [2.75, 3.05) is 0 Å². The molecular weight excluding hydrogens is 186 g/mol. The van der Waals surface area contributed by atoms with Crippen LogP contribution in [0.1, 0.15) is 16.8 Å². The molecule has 0 saturated carbocycles. The average molecular weight is 199 g/mol. The van der Waals surface area contributed by atoms with Gasteiger partial charge in [0.15, 0.2) is 0 Å². The fourth-order valence-electron chi connectivity index (χ4n) is 1.97. The zero-order chi connectivity index (χ0) is 11.0. The van der Waals surface area contributed by atoms with Crippen LogP contribution in [0.15, 0.2) is 18.2 Å². The molecule has 2 aromatic rings. The highest BCUT2D eigenvalue weighted by Crippen LogP contribution is 2.25. The average Bonchev–Trinajstić information content (AvgIpc) is 2.51. The maximum absolute atomic E-state index is 9.07. The first-order chi connectivity index (χ1) is 7.19. The molecule has 1 aromatic heterocycles. The van der Waals surface area contributed by atoms with Crippen molar-refractivity contribution in [3.8, 4) is 6.07 Å². The second-order valence-electron chi connectivity index (χ2n) is 3.72. The third-order valence-corrected chi connectivity index (χ3v) is 2.77. The van der Waals surface area contributed by atoms with E-state index in [2.05, 4.69) is 12.1 Å². The maximum atomic E-state index is 9.07. The first-order valence-electron chi connectivity index (χ1n) is 4.87. The van der Waals surface area contributed by atoms with Gasteiger partial charge in [-0.1, -0.05) is 12.1 Å². The third-order valence-electron chi connectivity index (χ3n) is 2.77. The molecule has 2 N–H and O–H groups in total. The number of hydrogen-bond donors (Lipinski definition) is 1. The molecule has 0 spiro atoms. The number of aromatic nitrogens is 1. The lowest BCUT2D eigenvalue weighted by molar-refractivity contribution is 0.924. The highest BCUT2D eigenvalue weighted by molar-refractivity contribution is 5.87. The topological polar surface area (TPSA) is 54.7 Å². The van der Waals surface area contributed by atoms with Crippen LogP contribution < -0.4 is 5.73 Å². The van der Waals surface area contributed by atoms with Crippen molar-refractivity contribution in [1.29, 1.82) is 5.26 Å². The Morgan fingerprint density at radius 2 is 2.20 bits per heavy atom. The van der Waals surface area contributed by atoms with Crippen LogP contribution in [-0.2, 0) is 13.6 Å². The molecule has 3 heteroatoms. The van der Waals surface area contributed by atoms with Crippen molar-refractivity contribution in [1.82, 2.24) is 4.57 Å². The van der Waals surface area contributed by atoms with Crippen LogP contribution in [0.4, 0.5) is 0 Å². The predicted octanol–water partition coefficient (Wildman–Crippen LogP) is 1.82. The molecule has 0 aliphatic rings. The van der Waals surface area contributed by atoms with Gasteiger partial charge in [-0.25, -0.2) is 0 Å². The van der Waals surface area contributed by atoms with E-state index < -0.39 is 0 Å². The first-order valence-corrected chi connectivity index (χ1v) is 4.87. The van der Waals surface area contributed by atoms with E-state index >= 15 is 0 Å². The van der Waals surface area contributed by atoms with Gasteiger partial charge in [0.2, 0.25) is 0 Å². The number of nitrogens with zero attached hydrogens (tertiary/aromatic N) is 2. The zero-order valence-electron chi connectivity index (χ0n) is 8.91. The van der Waals surface area contributed by atoms with E-state index in [0.717, 1.165) is 16.5 Å². The molecule has 1 aromatic carbocycles. The summed E-state index contributed by atoms with van der Waals surface area (Å²) in [5.41, 5.74) is 9.55. The van der Waals surface area contributed by atoms with Crippen LogP contribution >= 0.6 is 0 Å². The van der Waals surface area contributed by atoms with E-state index in [1.807, 2.05) is 30.7 Å².